The minimum atomic E-state index is 0.141. The second kappa shape index (κ2) is 7.62. The molecule has 7 nitrogen and oxygen atoms in total. The average molecular weight is 367 g/mol. The molecule has 1 aromatic carbocycles. The SMILES string of the molecule is Cc1nc(CN2CCOCC2c2c(C)nn(Cc3ccccc3)c2C)no1. The van der Waals surface area contributed by atoms with Crippen molar-refractivity contribution < 1.29 is 9.26 Å². The maximum atomic E-state index is 5.80. The van der Waals surface area contributed by atoms with Crippen molar-refractivity contribution in [1.29, 1.82) is 0 Å². The Kier molecular flexibility index (Phi) is 5.05. The van der Waals surface area contributed by atoms with E-state index in [1.807, 2.05) is 13.0 Å². The number of hydrogen-bond acceptors (Lipinski definition) is 6. The fourth-order valence-electron chi connectivity index (χ4n) is 3.78. The molecule has 0 spiro atoms. The van der Waals surface area contributed by atoms with Gasteiger partial charge in [-0.1, -0.05) is 35.5 Å². The monoisotopic (exact) mass is 367 g/mol. The predicted octanol–water partition coefficient (Wildman–Crippen LogP) is 2.81. The average Bonchev–Trinajstić information content (AvgIpc) is 3.19. The van der Waals surface area contributed by atoms with Gasteiger partial charge in [-0.05, 0) is 19.4 Å². The summed E-state index contributed by atoms with van der Waals surface area (Å²) in [5.41, 5.74) is 4.72. The van der Waals surface area contributed by atoms with Crippen LogP contribution in [0.1, 0.15) is 40.3 Å². The summed E-state index contributed by atoms with van der Waals surface area (Å²) < 4.78 is 13.0. The lowest BCUT2D eigenvalue weighted by Crippen LogP contribution is -2.39. The van der Waals surface area contributed by atoms with E-state index >= 15 is 0 Å². The van der Waals surface area contributed by atoms with Crippen molar-refractivity contribution >= 4 is 0 Å². The van der Waals surface area contributed by atoms with Gasteiger partial charge >= 0.3 is 0 Å². The van der Waals surface area contributed by atoms with Crippen molar-refractivity contribution in [2.24, 2.45) is 0 Å². The Morgan fingerprint density at radius 3 is 2.67 bits per heavy atom. The Labute approximate surface area is 158 Å². The first kappa shape index (κ1) is 17.9. The van der Waals surface area contributed by atoms with Gasteiger partial charge in [0, 0.05) is 24.7 Å². The molecule has 0 aliphatic carbocycles. The van der Waals surface area contributed by atoms with Crippen LogP contribution >= 0.6 is 0 Å². The quantitative estimate of drug-likeness (QED) is 0.691. The van der Waals surface area contributed by atoms with Gasteiger partial charge in [0.25, 0.3) is 0 Å². The summed E-state index contributed by atoms with van der Waals surface area (Å²) >= 11 is 0. The Balaban J connectivity index is 1.60. The lowest BCUT2D eigenvalue weighted by Gasteiger charge is -2.35. The lowest BCUT2D eigenvalue weighted by atomic mass is 10.0. The van der Waals surface area contributed by atoms with Crippen LogP contribution in [0.2, 0.25) is 0 Å². The summed E-state index contributed by atoms with van der Waals surface area (Å²) in [6, 6.07) is 10.6. The topological polar surface area (TPSA) is 69.2 Å². The van der Waals surface area contributed by atoms with E-state index < -0.39 is 0 Å². The molecule has 2 aromatic heterocycles. The first-order valence-electron chi connectivity index (χ1n) is 9.30. The van der Waals surface area contributed by atoms with Crippen LogP contribution in [0.4, 0.5) is 0 Å². The number of hydrogen-bond donors (Lipinski definition) is 0. The molecule has 1 fully saturated rings. The summed E-state index contributed by atoms with van der Waals surface area (Å²) in [5, 5.41) is 8.87. The van der Waals surface area contributed by atoms with Crippen LogP contribution < -0.4 is 0 Å². The van der Waals surface area contributed by atoms with E-state index in [4.69, 9.17) is 14.4 Å². The van der Waals surface area contributed by atoms with Gasteiger partial charge in [-0.2, -0.15) is 10.1 Å². The molecule has 7 heteroatoms. The summed E-state index contributed by atoms with van der Waals surface area (Å²) in [4.78, 5) is 6.72. The Bertz CT molecular complexity index is 902. The maximum absolute atomic E-state index is 5.80. The van der Waals surface area contributed by atoms with Gasteiger partial charge in [0.2, 0.25) is 5.89 Å². The number of aryl methyl sites for hydroxylation is 2. The predicted molar refractivity (Wildman–Crippen MR) is 100 cm³/mol. The molecule has 0 amide bonds. The number of morpholine rings is 1. The van der Waals surface area contributed by atoms with Gasteiger partial charge in [0.1, 0.15) is 0 Å². The third-order valence-corrected chi connectivity index (χ3v) is 5.10. The molecule has 27 heavy (non-hydrogen) atoms. The van der Waals surface area contributed by atoms with E-state index in [0.29, 0.717) is 31.5 Å². The van der Waals surface area contributed by atoms with Crippen LogP contribution in [0.5, 0.6) is 0 Å². The highest BCUT2D eigenvalue weighted by atomic mass is 16.5. The van der Waals surface area contributed by atoms with Gasteiger partial charge in [-0.15, -0.1) is 0 Å². The van der Waals surface area contributed by atoms with E-state index in [0.717, 1.165) is 18.8 Å². The molecule has 4 rings (SSSR count). The molecule has 1 aliphatic rings. The van der Waals surface area contributed by atoms with Crippen LogP contribution in [0, 0.1) is 20.8 Å². The standard InChI is InChI=1S/C20H25N5O2/c1-14-20(15(2)25(22-14)11-17-7-5-4-6-8-17)18-13-26-10-9-24(18)12-19-21-16(3)27-23-19/h4-8,18H,9-13H2,1-3H3. The minimum absolute atomic E-state index is 0.141. The highest BCUT2D eigenvalue weighted by molar-refractivity contribution is 5.30. The van der Waals surface area contributed by atoms with Crippen LogP contribution in [0.25, 0.3) is 0 Å². The van der Waals surface area contributed by atoms with Gasteiger partial charge in [-0.25, -0.2) is 0 Å². The molecule has 1 atom stereocenters. The van der Waals surface area contributed by atoms with Crippen molar-refractivity contribution in [3.05, 3.63) is 64.6 Å². The molecule has 1 aliphatic heterocycles. The van der Waals surface area contributed by atoms with Crippen molar-refractivity contribution in [2.75, 3.05) is 19.8 Å². The number of aromatic nitrogens is 4. The number of rotatable bonds is 5. The Morgan fingerprint density at radius 2 is 1.93 bits per heavy atom. The largest absolute Gasteiger partial charge is 0.378 e. The van der Waals surface area contributed by atoms with E-state index in [1.54, 1.807) is 0 Å². The van der Waals surface area contributed by atoms with Crippen molar-refractivity contribution in [3.8, 4) is 0 Å². The molecule has 0 N–H and O–H groups in total. The maximum Gasteiger partial charge on any atom is 0.223 e. The third-order valence-electron chi connectivity index (χ3n) is 5.10. The van der Waals surface area contributed by atoms with Crippen LogP contribution in [0.15, 0.2) is 34.9 Å². The zero-order chi connectivity index (χ0) is 18.8. The van der Waals surface area contributed by atoms with Gasteiger partial charge in [0.05, 0.1) is 38.0 Å². The number of ether oxygens (including phenoxy) is 1. The molecular formula is C20H25N5O2. The summed E-state index contributed by atoms with van der Waals surface area (Å²) in [7, 11) is 0. The fraction of sp³-hybridized carbons (Fsp3) is 0.450. The zero-order valence-corrected chi connectivity index (χ0v) is 16.1. The molecule has 142 valence electrons. The lowest BCUT2D eigenvalue weighted by molar-refractivity contribution is -0.0145. The summed E-state index contributed by atoms with van der Waals surface area (Å²) in [6.07, 6.45) is 0. The molecule has 1 saturated heterocycles. The van der Waals surface area contributed by atoms with Gasteiger partial charge in [0.15, 0.2) is 5.82 Å². The van der Waals surface area contributed by atoms with Gasteiger partial charge in [-0.3, -0.25) is 9.58 Å². The highest BCUT2D eigenvalue weighted by Crippen LogP contribution is 2.30. The molecule has 3 heterocycles. The van der Waals surface area contributed by atoms with E-state index in [9.17, 15) is 0 Å². The third kappa shape index (κ3) is 3.79. The zero-order valence-electron chi connectivity index (χ0n) is 16.1. The van der Waals surface area contributed by atoms with Crippen LogP contribution in [-0.2, 0) is 17.8 Å². The van der Waals surface area contributed by atoms with E-state index in [2.05, 4.69) is 57.8 Å². The first-order valence-corrected chi connectivity index (χ1v) is 9.30. The molecule has 0 radical (unpaired) electrons. The molecule has 0 bridgehead atoms. The summed E-state index contributed by atoms with van der Waals surface area (Å²) in [6.45, 7) is 9.65. The summed E-state index contributed by atoms with van der Waals surface area (Å²) in [5.74, 6) is 1.31. The Hall–Kier alpha value is -2.51. The smallest absolute Gasteiger partial charge is 0.223 e. The van der Waals surface area contributed by atoms with Gasteiger partial charge < -0.3 is 9.26 Å². The van der Waals surface area contributed by atoms with Crippen LogP contribution in [0.3, 0.4) is 0 Å². The second-order valence-corrected chi connectivity index (χ2v) is 7.02. The number of nitrogens with zero attached hydrogens (tertiary/aromatic N) is 5. The van der Waals surface area contributed by atoms with E-state index in [1.165, 1.54) is 16.8 Å². The van der Waals surface area contributed by atoms with Crippen molar-refractivity contribution in [3.63, 3.8) is 0 Å². The molecule has 0 saturated carbocycles. The van der Waals surface area contributed by atoms with E-state index in [-0.39, 0.29) is 6.04 Å². The molecular weight excluding hydrogens is 342 g/mol. The normalized spacial score (nSPS) is 18.1. The Morgan fingerprint density at radius 1 is 1.11 bits per heavy atom. The molecule has 3 aromatic rings. The van der Waals surface area contributed by atoms with Crippen molar-refractivity contribution in [1.82, 2.24) is 24.8 Å². The second-order valence-electron chi connectivity index (χ2n) is 7.02. The highest BCUT2D eigenvalue weighted by Gasteiger charge is 2.30. The van der Waals surface area contributed by atoms with Crippen LogP contribution in [-0.4, -0.2) is 44.6 Å². The minimum Gasteiger partial charge on any atom is -0.378 e. The number of benzene rings is 1. The fourth-order valence-corrected chi connectivity index (χ4v) is 3.78. The molecule has 1 unspecified atom stereocenters. The van der Waals surface area contributed by atoms with Crippen molar-refractivity contribution in [2.45, 2.75) is 39.9 Å². The first-order chi connectivity index (χ1) is 13.1.